The first-order valence-electron chi connectivity index (χ1n) is 8.45. The molecule has 0 atom stereocenters. The van der Waals surface area contributed by atoms with Gasteiger partial charge < -0.3 is 0 Å². The molecule has 3 aromatic rings. The predicted octanol–water partition coefficient (Wildman–Crippen LogP) is 2.30. The highest BCUT2D eigenvalue weighted by molar-refractivity contribution is 7.93. The third kappa shape index (κ3) is 4.48. The second-order valence-corrected chi connectivity index (χ2v) is 9.92. The molecule has 0 aliphatic carbocycles. The van der Waals surface area contributed by atoms with Crippen molar-refractivity contribution < 1.29 is 21.6 Å². The minimum atomic E-state index is -4.14. The van der Waals surface area contributed by atoms with Crippen LogP contribution < -0.4 is 9.44 Å². The van der Waals surface area contributed by atoms with Crippen molar-refractivity contribution in [3.63, 3.8) is 0 Å². The Morgan fingerprint density at radius 1 is 0.967 bits per heavy atom. The van der Waals surface area contributed by atoms with Crippen molar-refractivity contribution in [1.82, 2.24) is 14.5 Å². The summed E-state index contributed by atoms with van der Waals surface area (Å²) in [5.41, 5.74) is 0.523. The smallest absolute Gasteiger partial charge is 0.266 e. The van der Waals surface area contributed by atoms with Gasteiger partial charge in [-0.25, -0.2) is 21.6 Å². The molecule has 1 aromatic heterocycles. The summed E-state index contributed by atoms with van der Waals surface area (Å²) >= 11 is 6.01. The lowest BCUT2D eigenvalue weighted by atomic mass is 10.2. The highest BCUT2D eigenvalue weighted by Gasteiger charge is 2.25. The number of nitrogens with one attached hydrogen (secondary N) is 2. The fourth-order valence-electron chi connectivity index (χ4n) is 2.65. The van der Waals surface area contributed by atoms with Gasteiger partial charge in [-0.05, 0) is 43.3 Å². The fraction of sp³-hybridized carbons (Fsp3) is 0.111. The number of carbonyl (C=O) groups excluding carboxylic acids is 1. The van der Waals surface area contributed by atoms with Crippen LogP contribution in [0.4, 0.5) is 5.69 Å². The third-order valence-electron chi connectivity index (χ3n) is 4.05. The van der Waals surface area contributed by atoms with Crippen LogP contribution in [0.2, 0.25) is 5.15 Å². The maximum absolute atomic E-state index is 12.6. The molecule has 0 saturated heterocycles. The molecule has 1 amide bonds. The molecule has 0 radical (unpaired) electrons. The van der Waals surface area contributed by atoms with Gasteiger partial charge in [0.25, 0.3) is 26.0 Å². The Morgan fingerprint density at radius 2 is 1.57 bits per heavy atom. The molecule has 0 saturated carbocycles. The number of rotatable bonds is 6. The van der Waals surface area contributed by atoms with Crippen LogP contribution in [-0.2, 0) is 27.1 Å². The van der Waals surface area contributed by atoms with E-state index in [-0.39, 0.29) is 31.9 Å². The number of anilines is 1. The van der Waals surface area contributed by atoms with E-state index >= 15 is 0 Å². The van der Waals surface area contributed by atoms with Crippen molar-refractivity contribution in [2.45, 2.75) is 16.7 Å². The van der Waals surface area contributed by atoms with E-state index in [4.69, 9.17) is 11.6 Å². The fourth-order valence-corrected chi connectivity index (χ4v) is 5.44. The summed E-state index contributed by atoms with van der Waals surface area (Å²) in [6.07, 6.45) is 0. The molecule has 1 heterocycles. The first-order chi connectivity index (χ1) is 14.0. The molecule has 2 aromatic carbocycles. The first kappa shape index (κ1) is 21.8. The van der Waals surface area contributed by atoms with Gasteiger partial charge in [0.1, 0.15) is 10.0 Å². The number of aromatic nitrogens is 2. The van der Waals surface area contributed by atoms with Crippen LogP contribution in [0.15, 0.2) is 64.4 Å². The summed E-state index contributed by atoms with van der Waals surface area (Å²) < 4.78 is 55.6. The molecule has 0 aliphatic heterocycles. The molecule has 0 aliphatic rings. The van der Waals surface area contributed by atoms with Crippen LogP contribution in [0.25, 0.3) is 0 Å². The molecular weight excluding hydrogens is 452 g/mol. The third-order valence-corrected chi connectivity index (χ3v) is 7.47. The van der Waals surface area contributed by atoms with E-state index in [1.54, 1.807) is 18.2 Å². The zero-order valence-electron chi connectivity index (χ0n) is 15.8. The van der Waals surface area contributed by atoms with Gasteiger partial charge in [0.2, 0.25) is 0 Å². The van der Waals surface area contributed by atoms with Gasteiger partial charge in [-0.2, -0.15) is 5.10 Å². The molecule has 3 rings (SSSR count). The molecule has 0 unspecified atom stereocenters. The van der Waals surface area contributed by atoms with Crippen molar-refractivity contribution in [3.8, 4) is 0 Å². The number of amides is 1. The van der Waals surface area contributed by atoms with Gasteiger partial charge in [-0.15, -0.1) is 0 Å². The number of aryl methyl sites for hydroxylation is 2. The lowest BCUT2D eigenvalue weighted by Crippen LogP contribution is -2.30. The normalized spacial score (nSPS) is 11.8. The Balaban J connectivity index is 1.80. The molecule has 30 heavy (non-hydrogen) atoms. The Labute approximate surface area is 178 Å². The zero-order chi connectivity index (χ0) is 22.1. The summed E-state index contributed by atoms with van der Waals surface area (Å²) in [5, 5.41) is 3.91. The number of sulfonamides is 2. The monoisotopic (exact) mass is 468 g/mol. The molecule has 9 nitrogen and oxygen atoms in total. The number of carbonyl (C=O) groups is 1. The van der Waals surface area contributed by atoms with Crippen molar-refractivity contribution in [2.24, 2.45) is 7.05 Å². The van der Waals surface area contributed by atoms with Crippen LogP contribution in [0.5, 0.6) is 0 Å². The number of nitrogens with zero attached hydrogens (tertiary/aromatic N) is 2. The van der Waals surface area contributed by atoms with E-state index in [1.807, 2.05) is 4.72 Å². The van der Waals surface area contributed by atoms with Gasteiger partial charge in [-0.1, -0.05) is 29.8 Å². The summed E-state index contributed by atoms with van der Waals surface area (Å²) in [4.78, 5) is 11.7. The Kier molecular flexibility index (Phi) is 5.88. The van der Waals surface area contributed by atoms with Crippen LogP contribution in [-0.4, -0.2) is 32.5 Å². The summed E-state index contributed by atoms with van der Waals surface area (Å²) in [5.74, 6) is -0.776. The number of halogens is 1. The van der Waals surface area contributed by atoms with Gasteiger partial charge in [0.05, 0.1) is 10.6 Å². The van der Waals surface area contributed by atoms with Crippen LogP contribution >= 0.6 is 11.6 Å². The second-order valence-electron chi connectivity index (χ2n) is 6.26. The molecule has 0 spiro atoms. The standard InChI is InChI=1S/C18H17ClN4O5S2/c1-12-16(17(19)23(2)20-12)30(27,28)21-14-8-10-15(11-9-14)29(25,26)22-18(24)13-6-4-3-5-7-13/h3-11,21H,1-2H3,(H,22,24). The Hall–Kier alpha value is -2.89. The van der Waals surface area contributed by atoms with Crippen LogP contribution in [0.1, 0.15) is 16.1 Å². The predicted molar refractivity (Wildman–Crippen MR) is 111 cm³/mol. The van der Waals surface area contributed by atoms with Crippen LogP contribution in [0.3, 0.4) is 0 Å². The van der Waals surface area contributed by atoms with Crippen molar-refractivity contribution >= 4 is 43.2 Å². The molecule has 0 bridgehead atoms. The minimum absolute atomic E-state index is 0.0529. The molecular formula is C18H17ClN4O5S2. The molecule has 12 heteroatoms. The Morgan fingerprint density at radius 3 is 2.10 bits per heavy atom. The number of hydrogen-bond acceptors (Lipinski definition) is 6. The van der Waals surface area contributed by atoms with Gasteiger partial charge in [0, 0.05) is 18.3 Å². The summed E-state index contributed by atoms with van der Waals surface area (Å²) in [6.45, 7) is 1.51. The Bertz CT molecular complexity index is 1300. The van der Waals surface area contributed by atoms with Gasteiger partial charge in [0.15, 0.2) is 0 Å². The van der Waals surface area contributed by atoms with Crippen molar-refractivity contribution in [1.29, 1.82) is 0 Å². The second kappa shape index (κ2) is 8.09. The van der Waals surface area contributed by atoms with Crippen molar-refractivity contribution in [2.75, 3.05) is 4.72 Å². The zero-order valence-corrected chi connectivity index (χ0v) is 18.2. The topological polar surface area (TPSA) is 127 Å². The van der Waals surface area contributed by atoms with E-state index in [0.29, 0.717) is 0 Å². The quantitative estimate of drug-likeness (QED) is 0.571. The van der Waals surface area contributed by atoms with E-state index < -0.39 is 26.0 Å². The largest absolute Gasteiger partial charge is 0.279 e. The summed E-state index contributed by atoms with van der Waals surface area (Å²) in [7, 11) is -6.67. The maximum Gasteiger partial charge on any atom is 0.266 e. The van der Waals surface area contributed by atoms with Gasteiger partial charge in [-0.3, -0.25) is 14.2 Å². The minimum Gasteiger partial charge on any atom is -0.279 e. The molecule has 158 valence electrons. The number of hydrogen-bond donors (Lipinski definition) is 2. The summed E-state index contributed by atoms with van der Waals surface area (Å²) in [6, 6.07) is 12.8. The van der Waals surface area contributed by atoms with E-state index in [2.05, 4.69) is 9.82 Å². The lowest BCUT2D eigenvalue weighted by molar-refractivity contribution is 0.0981. The highest BCUT2D eigenvalue weighted by Crippen LogP contribution is 2.26. The lowest BCUT2D eigenvalue weighted by Gasteiger charge is -2.10. The van der Waals surface area contributed by atoms with E-state index in [9.17, 15) is 21.6 Å². The SMILES string of the molecule is Cc1nn(C)c(Cl)c1S(=O)(=O)Nc1ccc(S(=O)(=O)NC(=O)c2ccccc2)cc1. The van der Waals surface area contributed by atoms with Gasteiger partial charge >= 0.3 is 0 Å². The average molecular weight is 469 g/mol. The van der Waals surface area contributed by atoms with E-state index in [0.717, 1.165) is 0 Å². The molecule has 0 fully saturated rings. The maximum atomic E-state index is 12.6. The van der Waals surface area contributed by atoms with Crippen molar-refractivity contribution in [3.05, 3.63) is 71.0 Å². The molecule has 2 N–H and O–H groups in total. The average Bonchev–Trinajstić information content (AvgIpc) is 2.94. The number of benzene rings is 2. The van der Waals surface area contributed by atoms with E-state index in [1.165, 1.54) is 55.1 Å². The van der Waals surface area contributed by atoms with Crippen LogP contribution in [0, 0.1) is 6.92 Å². The first-order valence-corrected chi connectivity index (χ1v) is 11.8. The highest BCUT2D eigenvalue weighted by atomic mass is 35.5.